The monoisotopic (exact) mass is 507 g/mol. The quantitative estimate of drug-likeness (QED) is 0.305. The minimum atomic E-state index is -1.48. The third-order valence-electron chi connectivity index (χ3n) is 5.92. The van der Waals surface area contributed by atoms with Gasteiger partial charge in [-0.25, -0.2) is 13.6 Å². The second kappa shape index (κ2) is 10.5. The predicted octanol–water partition coefficient (Wildman–Crippen LogP) is 4.21. The maximum atomic E-state index is 14.2. The number of nitrogens with zero attached hydrogens (tertiary/aromatic N) is 1. The van der Waals surface area contributed by atoms with Gasteiger partial charge in [0.15, 0.2) is 0 Å². The molecule has 1 atom stereocenters. The summed E-state index contributed by atoms with van der Waals surface area (Å²) in [7, 11) is 3.08. The van der Waals surface area contributed by atoms with Crippen LogP contribution in [0, 0.1) is 11.6 Å². The van der Waals surface area contributed by atoms with Crippen LogP contribution in [0.4, 0.5) is 14.5 Å². The van der Waals surface area contributed by atoms with Gasteiger partial charge in [-0.05, 0) is 46.8 Å². The molecule has 3 aromatic carbocycles. The average molecular weight is 507 g/mol. The number of aliphatic carboxylic acids is 1. The number of anilines is 1. The molecule has 10 heteroatoms. The highest BCUT2D eigenvalue weighted by Crippen LogP contribution is 2.42. The first-order valence-electron chi connectivity index (χ1n) is 11.1. The fraction of sp³-hybridized carbons (Fsp3) is 0.148. The lowest BCUT2D eigenvalue weighted by atomic mass is 9.92. The molecule has 8 nitrogen and oxygen atoms in total. The molecule has 1 amide bonds. The number of rotatable bonds is 8. The van der Waals surface area contributed by atoms with Gasteiger partial charge in [0.25, 0.3) is 5.91 Å². The van der Waals surface area contributed by atoms with E-state index in [4.69, 9.17) is 15.2 Å². The highest BCUT2D eigenvalue weighted by Gasteiger charge is 2.26. The van der Waals surface area contributed by atoms with Gasteiger partial charge in [0.1, 0.15) is 34.7 Å². The van der Waals surface area contributed by atoms with Crippen molar-refractivity contribution in [3.8, 4) is 22.6 Å². The number of ether oxygens (including phenoxy) is 2. The van der Waals surface area contributed by atoms with Crippen LogP contribution in [0.25, 0.3) is 21.9 Å². The van der Waals surface area contributed by atoms with Gasteiger partial charge in [0, 0.05) is 29.9 Å². The molecule has 0 spiro atoms. The zero-order valence-electron chi connectivity index (χ0n) is 19.9. The molecule has 0 fully saturated rings. The second-order valence-electron chi connectivity index (χ2n) is 8.16. The van der Waals surface area contributed by atoms with Crippen molar-refractivity contribution in [3.63, 3.8) is 0 Å². The Bertz CT molecular complexity index is 1460. The Morgan fingerprint density at radius 1 is 1.03 bits per heavy atom. The number of hydrogen-bond acceptors (Lipinski definition) is 6. The Kier molecular flexibility index (Phi) is 7.19. The molecule has 0 aliphatic carbocycles. The number of carbonyl (C=O) groups excluding carboxylic acids is 1. The molecule has 0 radical (unpaired) electrons. The summed E-state index contributed by atoms with van der Waals surface area (Å²) < 4.78 is 39.5. The number of nitrogens with two attached hydrogens (primary N) is 1. The number of carboxylic acids is 1. The number of hydrogen-bond donors (Lipinski definition) is 3. The van der Waals surface area contributed by atoms with Crippen LogP contribution in [0.2, 0.25) is 0 Å². The van der Waals surface area contributed by atoms with Gasteiger partial charge in [0.2, 0.25) is 0 Å². The molecule has 0 saturated heterocycles. The van der Waals surface area contributed by atoms with E-state index in [1.165, 1.54) is 0 Å². The summed E-state index contributed by atoms with van der Waals surface area (Å²) >= 11 is 0. The summed E-state index contributed by atoms with van der Waals surface area (Å²) in [4.78, 5) is 28.9. The smallest absolute Gasteiger partial charge is 0.326 e. The van der Waals surface area contributed by atoms with Crippen LogP contribution in [-0.4, -0.2) is 42.2 Å². The molecular formula is C27H23F2N3O5. The van der Waals surface area contributed by atoms with E-state index in [2.05, 4.69) is 10.3 Å². The molecule has 0 aliphatic rings. The van der Waals surface area contributed by atoms with Crippen LogP contribution in [0.5, 0.6) is 11.5 Å². The fourth-order valence-electron chi connectivity index (χ4n) is 4.23. The van der Waals surface area contributed by atoms with Crippen LogP contribution >= 0.6 is 0 Å². The zero-order chi connectivity index (χ0) is 26.7. The first-order chi connectivity index (χ1) is 17.7. The molecule has 1 heterocycles. The van der Waals surface area contributed by atoms with Gasteiger partial charge >= 0.3 is 5.97 Å². The zero-order valence-corrected chi connectivity index (χ0v) is 19.9. The summed E-state index contributed by atoms with van der Waals surface area (Å²) in [5.41, 5.74) is 6.29. The molecule has 0 bridgehead atoms. The van der Waals surface area contributed by atoms with Gasteiger partial charge < -0.3 is 25.6 Å². The standard InChI is InChI=1S/C27H23F2N3O5/c1-36-22-4-3-5-23(37-2)24(22)17-7-6-14(16-8-9-31-13-18(16)17)10-21(27(34)35)32-26(33)25-19(28)11-15(30)12-20(25)29/h3-9,11-13,21H,10,30H2,1-2H3,(H,32,33)(H,34,35)/t21-/m0/s1. The number of nitrogens with one attached hydrogen (secondary N) is 1. The van der Waals surface area contributed by atoms with Crippen molar-refractivity contribution in [2.45, 2.75) is 12.5 Å². The topological polar surface area (TPSA) is 124 Å². The molecule has 4 aromatic rings. The third kappa shape index (κ3) is 4.99. The van der Waals surface area contributed by atoms with E-state index in [-0.39, 0.29) is 12.1 Å². The molecule has 4 N–H and O–H groups in total. The lowest BCUT2D eigenvalue weighted by Crippen LogP contribution is -2.43. The first kappa shape index (κ1) is 25.4. The lowest BCUT2D eigenvalue weighted by molar-refractivity contribution is -0.139. The Morgan fingerprint density at radius 2 is 1.68 bits per heavy atom. The van der Waals surface area contributed by atoms with Gasteiger partial charge in [0.05, 0.1) is 19.8 Å². The summed E-state index contributed by atoms with van der Waals surface area (Å²) in [5, 5.41) is 13.4. The van der Waals surface area contributed by atoms with Crippen LogP contribution in [0.3, 0.4) is 0 Å². The highest BCUT2D eigenvalue weighted by molar-refractivity contribution is 6.01. The number of amides is 1. The summed E-state index contributed by atoms with van der Waals surface area (Å²) in [6, 6.07) is 10.7. The van der Waals surface area contributed by atoms with Crippen molar-refractivity contribution in [2.75, 3.05) is 20.0 Å². The van der Waals surface area contributed by atoms with Gasteiger partial charge in [-0.3, -0.25) is 9.78 Å². The number of aromatic nitrogens is 1. The van der Waals surface area contributed by atoms with Gasteiger partial charge in [-0.2, -0.15) is 0 Å². The average Bonchev–Trinajstić information content (AvgIpc) is 2.87. The second-order valence-corrected chi connectivity index (χ2v) is 8.16. The summed E-state index contributed by atoms with van der Waals surface area (Å²) in [5.74, 6) is -3.82. The predicted molar refractivity (Wildman–Crippen MR) is 134 cm³/mol. The fourth-order valence-corrected chi connectivity index (χ4v) is 4.23. The first-order valence-corrected chi connectivity index (χ1v) is 11.1. The van der Waals surface area contributed by atoms with Crippen molar-refractivity contribution >= 4 is 28.3 Å². The van der Waals surface area contributed by atoms with E-state index in [9.17, 15) is 23.5 Å². The van der Waals surface area contributed by atoms with Crippen LogP contribution in [0.1, 0.15) is 15.9 Å². The normalized spacial score (nSPS) is 11.7. The molecule has 190 valence electrons. The van der Waals surface area contributed by atoms with Gasteiger partial charge in [-0.1, -0.05) is 18.2 Å². The summed E-state index contributed by atoms with van der Waals surface area (Å²) in [6.45, 7) is 0. The summed E-state index contributed by atoms with van der Waals surface area (Å²) in [6.07, 6.45) is 3.03. The number of halogens is 2. The van der Waals surface area contributed by atoms with Crippen molar-refractivity contribution in [2.24, 2.45) is 0 Å². The van der Waals surface area contributed by atoms with Crippen molar-refractivity contribution in [3.05, 3.63) is 83.7 Å². The Labute approximate surface area is 210 Å². The molecule has 0 unspecified atom stereocenters. The number of fused-ring (bicyclic) bond motifs is 1. The number of carbonyl (C=O) groups is 2. The van der Waals surface area contributed by atoms with Crippen molar-refractivity contribution < 1.29 is 33.0 Å². The largest absolute Gasteiger partial charge is 0.496 e. The maximum absolute atomic E-state index is 14.2. The highest BCUT2D eigenvalue weighted by atomic mass is 19.1. The number of benzene rings is 3. The van der Waals surface area contributed by atoms with E-state index in [0.717, 1.165) is 17.7 Å². The molecule has 4 rings (SSSR count). The lowest BCUT2D eigenvalue weighted by Gasteiger charge is -2.19. The van der Waals surface area contributed by atoms with Crippen molar-refractivity contribution in [1.29, 1.82) is 0 Å². The number of carboxylic acid groups (broad SMARTS) is 1. The molecule has 37 heavy (non-hydrogen) atoms. The SMILES string of the molecule is COc1cccc(OC)c1-c1ccc(C[C@H](NC(=O)c2c(F)cc(N)cc2F)C(=O)O)c2ccncc12. The van der Waals surface area contributed by atoms with E-state index >= 15 is 0 Å². The molecule has 0 aliphatic heterocycles. The maximum Gasteiger partial charge on any atom is 0.326 e. The van der Waals surface area contributed by atoms with Crippen LogP contribution in [0.15, 0.2) is 60.9 Å². The van der Waals surface area contributed by atoms with E-state index in [0.29, 0.717) is 33.4 Å². The van der Waals surface area contributed by atoms with Crippen LogP contribution in [-0.2, 0) is 11.2 Å². The minimum absolute atomic E-state index is 0.164. The van der Waals surface area contributed by atoms with Gasteiger partial charge in [-0.15, -0.1) is 0 Å². The number of nitrogen functional groups attached to an aromatic ring is 1. The molecular weight excluding hydrogens is 484 g/mol. The van der Waals surface area contributed by atoms with E-state index < -0.39 is 35.1 Å². The Hall–Kier alpha value is -4.73. The van der Waals surface area contributed by atoms with Crippen LogP contribution < -0.4 is 20.5 Å². The number of pyridine rings is 1. The van der Waals surface area contributed by atoms with E-state index in [1.54, 1.807) is 63.0 Å². The third-order valence-corrected chi connectivity index (χ3v) is 5.92. The molecule has 1 aromatic heterocycles. The van der Waals surface area contributed by atoms with Crippen molar-refractivity contribution in [1.82, 2.24) is 10.3 Å². The molecule has 0 saturated carbocycles. The number of methoxy groups -OCH3 is 2. The Balaban J connectivity index is 1.74. The van der Waals surface area contributed by atoms with E-state index in [1.807, 2.05) is 0 Å². The Morgan fingerprint density at radius 3 is 2.27 bits per heavy atom. The minimum Gasteiger partial charge on any atom is -0.496 e.